The highest BCUT2D eigenvalue weighted by Crippen LogP contribution is 2.29. The first-order valence-electron chi connectivity index (χ1n) is 8.38. The summed E-state index contributed by atoms with van der Waals surface area (Å²) >= 11 is 0. The quantitative estimate of drug-likeness (QED) is 0.841. The van der Waals surface area contributed by atoms with Crippen molar-refractivity contribution < 1.29 is 18.4 Å². The number of hydrogen-bond donors (Lipinski definition) is 2. The number of hydrogen-bond acceptors (Lipinski definition) is 3. The third-order valence-corrected chi connectivity index (χ3v) is 4.05. The topological polar surface area (TPSA) is 74.6 Å². The predicted octanol–water partition coefficient (Wildman–Crippen LogP) is 3.11. The molecule has 0 fully saturated rings. The third kappa shape index (κ3) is 4.29. The normalized spacial score (nSPS) is 12.0. The van der Waals surface area contributed by atoms with E-state index in [0.717, 1.165) is 5.56 Å². The molecule has 7 heteroatoms. The molecular formula is C18H24FN3O3. The van der Waals surface area contributed by atoms with Crippen LogP contribution in [-0.2, 0) is 4.79 Å². The fourth-order valence-corrected chi connectivity index (χ4v) is 2.72. The minimum atomic E-state index is -0.411. The second-order valence-electron chi connectivity index (χ2n) is 5.87. The van der Waals surface area contributed by atoms with Crippen LogP contribution < -0.4 is 10.6 Å². The first-order valence-corrected chi connectivity index (χ1v) is 8.38. The number of halogens is 1. The number of nitrogens with one attached hydrogen (secondary N) is 2. The molecule has 6 nitrogen and oxygen atoms in total. The van der Waals surface area contributed by atoms with E-state index in [1.807, 2.05) is 13.8 Å². The SMILES string of the molecule is CCNC(=O)CN(CC)C(=O)NC(C)c1oc2ccc(F)cc2c1C. The number of rotatable bonds is 6. The lowest BCUT2D eigenvalue weighted by Crippen LogP contribution is -2.46. The molecule has 1 unspecified atom stereocenters. The first-order chi connectivity index (χ1) is 11.9. The van der Waals surface area contributed by atoms with E-state index in [0.29, 0.717) is 29.8 Å². The van der Waals surface area contributed by atoms with Gasteiger partial charge in [0, 0.05) is 24.0 Å². The lowest BCUT2D eigenvalue weighted by atomic mass is 10.1. The van der Waals surface area contributed by atoms with Gasteiger partial charge < -0.3 is 20.0 Å². The predicted molar refractivity (Wildman–Crippen MR) is 93.8 cm³/mol. The van der Waals surface area contributed by atoms with Gasteiger partial charge in [-0.2, -0.15) is 0 Å². The van der Waals surface area contributed by atoms with Gasteiger partial charge in [-0.05, 0) is 45.9 Å². The summed E-state index contributed by atoms with van der Waals surface area (Å²) in [6, 6.07) is 3.56. The van der Waals surface area contributed by atoms with Crippen molar-refractivity contribution in [2.45, 2.75) is 33.7 Å². The maximum Gasteiger partial charge on any atom is 0.318 e. The average molecular weight is 349 g/mol. The minimum Gasteiger partial charge on any atom is -0.459 e. The van der Waals surface area contributed by atoms with Gasteiger partial charge in [0.15, 0.2) is 0 Å². The lowest BCUT2D eigenvalue weighted by Gasteiger charge is -2.23. The van der Waals surface area contributed by atoms with Gasteiger partial charge in [0.05, 0.1) is 6.04 Å². The van der Waals surface area contributed by atoms with Gasteiger partial charge in [0.25, 0.3) is 0 Å². The van der Waals surface area contributed by atoms with Gasteiger partial charge in [0.2, 0.25) is 5.91 Å². The van der Waals surface area contributed by atoms with Crippen molar-refractivity contribution in [3.05, 3.63) is 35.3 Å². The molecule has 1 aromatic heterocycles. The molecular weight excluding hydrogens is 325 g/mol. The number of benzene rings is 1. The molecule has 2 rings (SSSR count). The van der Waals surface area contributed by atoms with Crippen LogP contribution in [0.15, 0.2) is 22.6 Å². The summed E-state index contributed by atoms with van der Waals surface area (Å²) in [5.41, 5.74) is 1.36. The van der Waals surface area contributed by atoms with Crippen molar-refractivity contribution in [2.75, 3.05) is 19.6 Å². The lowest BCUT2D eigenvalue weighted by molar-refractivity contribution is -0.121. The zero-order chi connectivity index (χ0) is 18.6. The van der Waals surface area contributed by atoms with E-state index >= 15 is 0 Å². The highest BCUT2D eigenvalue weighted by Gasteiger charge is 2.22. The van der Waals surface area contributed by atoms with E-state index in [1.165, 1.54) is 17.0 Å². The number of nitrogens with zero attached hydrogens (tertiary/aromatic N) is 1. The molecule has 136 valence electrons. The molecule has 1 heterocycles. The summed E-state index contributed by atoms with van der Waals surface area (Å²) in [4.78, 5) is 25.5. The Morgan fingerprint density at radius 3 is 2.68 bits per heavy atom. The van der Waals surface area contributed by atoms with Crippen LogP contribution in [0.5, 0.6) is 0 Å². The summed E-state index contributed by atoms with van der Waals surface area (Å²) in [6.07, 6.45) is 0. The van der Waals surface area contributed by atoms with Crippen molar-refractivity contribution in [2.24, 2.45) is 0 Å². The second kappa shape index (κ2) is 8.00. The number of carbonyl (C=O) groups excluding carboxylic acids is 2. The average Bonchev–Trinajstić information content (AvgIpc) is 2.89. The molecule has 0 saturated carbocycles. The minimum absolute atomic E-state index is 0.00673. The Kier molecular flexibility index (Phi) is 6.01. The van der Waals surface area contributed by atoms with E-state index in [9.17, 15) is 14.0 Å². The monoisotopic (exact) mass is 349 g/mol. The Bertz CT molecular complexity index is 772. The number of fused-ring (bicyclic) bond motifs is 1. The first kappa shape index (κ1) is 18.8. The molecule has 2 aromatic rings. The molecule has 0 aliphatic carbocycles. The third-order valence-electron chi connectivity index (χ3n) is 4.05. The molecule has 0 radical (unpaired) electrons. The van der Waals surface area contributed by atoms with Crippen LogP contribution in [0.2, 0.25) is 0 Å². The maximum atomic E-state index is 13.4. The van der Waals surface area contributed by atoms with Crippen LogP contribution in [0.4, 0.5) is 9.18 Å². The van der Waals surface area contributed by atoms with E-state index < -0.39 is 6.04 Å². The number of furan rings is 1. The Labute approximate surface area is 146 Å². The van der Waals surface area contributed by atoms with Gasteiger partial charge in [-0.15, -0.1) is 0 Å². The standard InChI is InChI=1S/C18H24FN3O3/c1-5-20-16(23)10-22(6-2)18(24)21-12(4)17-11(3)14-9-13(19)7-8-15(14)25-17/h7-9,12H,5-6,10H2,1-4H3,(H,20,23)(H,21,24). The Morgan fingerprint density at radius 1 is 1.32 bits per heavy atom. The number of amides is 3. The highest BCUT2D eigenvalue weighted by molar-refractivity contribution is 5.85. The van der Waals surface area contributed by atoms with Crippen LogP contribution in [0, 0.1) is 12.7 Å². The largest absolute Gasteiger partial charge is 0.459 e. The Morgan fingerprint density at radius 2 is 2.04 bits per heavy atom. The fraction of sp³-hybridized carbons (Fsp3) is 0.444. The molecule has 3 amide bonds. The zero-order valence-electron chi connectivity index (χ0n) is 15.0. The zero-order valence-corrected chi connectivity index (χ0v) is 15.0. The van der Waals surface area contributed by atoms with Gasteiger partial charge in [-0.25, -0.2) is 9.18 Å². The molecule has 0 bridgehead atoms. The summed E-state index contributed by atoms with van der Waals surface area (Å²) in [7, 11) is 0. The van der Waals surface area contributed by atoms with Crippen molar-refractivity contribution in [3.8, 4) is 0 Å². The molecule has 0 spiro atoms. The molecule has 2 N–H and O–H groups in total. The second-order valence-corrected chi connectivity index (χ2v) is 5.87. The van der Waals surface area contributed by atoms with Crippen LogP contribution in [0.3, 0.4) is 0 Å². The van der Waals surface area contributed by atoms with Crippen LogP contribution in [0.25, 0.3) is 11.0 Å². The van der Waals surface area contributed by atoms with Crippen LogP contribution in [-0.4, -0.2) is 36.5 Å². The number of likely N-dealkylation sites (N-methyl/N-ethyl adjacent to an activating group) is 2. The van der Waals surface area contributed by atoms with Crippen LogP contribution in [0.1, 0.15) is 38.1 Å². The van der Waals surface area contributed by atoms with E-state index in [-0.39, 0.29) is 24.3 Å². The Balaban J connectivity index is 2.12. The summed E-state index contributed by atoms with van der Waals surface area (Å²) in [6.45, 7) is 8.16. The number of aryl methyl sites for hydroxylation is 1. The van der Waals surface area contributed by atoms with E-state index in [4.69, 9.17) is 4.42 Å². The van der Waals surface area contributed by atoms with Gasteiger partial charge in [-0.1, -0.05) is 0 Å². The summed E-state index contributed by atoms with van der Waals surface area (Å²) in [5.74, 6) is 0.0318. The number of urea groups is 1. The maximum absolute atomic E-state index is 13.4. The molecule has 1 atom stereocenters. The smallest absolute Gasteiger partial charge is 0.318 e. The van der Waals surface area contributed by atoms with E-state index in [1.54, 1.807) is 19.9 Å². The summed E-state index contributed by atoms with van der Waals surface area (Å²) < 4.78 is 19.2. The van der Waals surface area contributed by atoms with Crippen LogP contribution >= 0.6 is 0 Å². The summed E-state index contributed by atoms with van der Waals surface area (Å²) in [5, 5.41) is 6.18. The number of carbonyl (C=O) groups is 2. The van der Waals surface area contributed by atoms with E-state index in [2.05, 4.69) is 10.6 Å². The Hall–Kier alpha value is -2.57. The van der Waals surface area contributed by atoms with Gasteiger partial charge in [-0.3, -0.25) is 4.79 Å². The van der Waals surface area contributed by atoms with Gasteiger partial charge in [0.1, 0.15) is 23.7 Å². The molecule has 0 aliphatic heterocycles. The van der Waals surface area contributed by atoms with Gasteiger partial charge >= 0.3 is 6.03 Å². The molecule has 0 aliphatic rings. The van der Waals surface area contributed by atoms with Crippen molar-refractivity contribution in [1.82, 2.24) is 15.5 Å². The van der Waals surface area contributed by atoms with Crippen molar-refractivity contribution in [1.29, 1.82) is 0 Å². The highest BCUT2D eigenvalue weighted by atomic mass is 19.1. The molecule has 0 saturated heterocycles. The molecule has 1 aromatic carbocycles. The van der Waals surface area contributed by atoms with Crippen molar-refractivity contribution >= 4 is 22.9 Å². The molecule has 25 heavy (non-hydrogen) atoms. The fourth-order valence-electron chi connectivity index (χ4n) is 2.72. The van der Waals surface area contributed by atoms with Crippen molar-refractivity contribution in [3.63, 3.8) is 0 Å².